The minimum atomic E-state index is -0.109. The maximum atomic E-state index is 12.0. The lowest BCUT2D eigenvalue weighted by Crippen LogP contribution is -2.22. The molecule has 3 aromatic rings. The Morgan fingerprint density at radius 1 is 1.25 bits per heavy atom. The Bertz CT molecular complexity index is 754. The first-order valence-corrected chi connectivity index (χ1v) is 4.99. The van der Waals surface area contributed by atoms with Crippen LogP contribution in [0.1, 0.15) is 5.69 Å². The summed E-state index contributed by atoms with van der Waals surface area (Å²) in [5.41, 5.74) is 1.99. The number of imidazole rings is 1. The van der Waals surface area contributed by atoms with Crippen LogP contribution in [0.25, 0.3) is 16.8 Å². The molecule has 0 unspecified atom stereocenters. The fraction of sp³-hybridized carbons (Fsp3) is 0.182. The Morgan fingerprint density at radius 3 is 2.81 bits per heavy atom. The molecule has 0 radical (unpaired) electrons. The second-order valence-electron chi connectivity index (χ2n) is 3.75. The molecule has 2 aromatic heterocycles. The van der Waals surface area contributed by atoms with Crippen molar-refractivity contribution in [2.75, 3.05) is 0 Å². The lowest BCUT2D eigenvalue weighted by Gasteiger charge is -2.01. The zero-order valence-corrected chi connectivity index (χ0v) is 9.01. The first-order valence-electron chi connectivity index (χ1n) is 4.99. The van der Waals surface area contributed by atoms with Crippen LogP contribution < -0.4 is 5.56 Å². The number of rotatable bonds is 0. The third kappa shape index (κ3) is 1.02. The molecule has 0 bridgehead atoms. The summed E-state index contributed by atoms with van der Waals surface area (Å²) in [7, 11) is 1.79. The van der Waals surface area contributed by atoms with Crippen molar-refractivity contribution in [3.05, 3.63) is 40.3 Å². The van der Waals surface area contributed by atoms with E-state index in [0.29, 0.717) is 11.5 Å². The summed E-state index contributed by atoms with van der Waals surface area (Å²) in [6.45, 7) is 1.70. The van der Waals surface area contributed by atoms with Crippen molar-refractivity contribution in [3.8, 4) is 0 Å². The predicted molar refractivity (Wildman–Crippen MR) is 60.5 cm³/mol. The highest BCUT2D eigenvalue weighted by atomic mass is 16.1. The van der Waals surface area contributed by atoms with Gasteiger partial charge >= 0.3 is 0 Å². The normalized spacial score (nSPS) is 11.4. The standard InChI is InChI=1S/C11H10N4O/c1-7-10(16)15-9-6-4-3-5-8(9)12-11(15)14(2)13-7/h3-6H,1-2H3. The van der Waals surface area contributed by atoms with Crippen molar-refractivity contribution in [2.24, 2.45) is 7.05 Å². The van der Waals surface area contributed by atoms with Crippen LogP contribution in [0.4, 0.5) is 0 Å². The fourth-order valence-electron chi connectivity index (χ4n) is 1.90. The number of nitrogens with zero attached hydrogens (tertiary/aromatic N) is 4. The van der Waals surface area contributed by atoms with Gasteiger partial charge in [-0.05, 0) is 19.1 Å². The van der Waals surface area contributed by atoms with Crippen LogP contribution in [0.2, 0.25) is 0 Å². The largest absolute Gasteiger partial charge is 0.281 e. The van der Waals surface area contributed by atoms with E-state index in [1.165, 1.54) is 0 Å². The van der Waals surface area contributed by atoms with E-state index < -0.39 is 0 Å². The van der Waals surface area contributed by atoms with E-state index in [1.54, 1.807) is 23.1 Å². The zero-order valence-electron chi connectivity index (χ0n) is 9.01. The number of benzene rings is 1. The molecule has 0 aliphatic rings. The van der Waals surface area contributed by atoms with Crippen LogP contribution in [0.15, 0.2) is 29.1 Å². The average molecular weight is 214 g/mol. The molecule has 5 heteroatoms. The molecule has 0 fully saturated rings. The third-order valence-electron chi connectivity index (χ3n) is 2.65. The number of aryl methyl sites for hydroxylation is 2. The molecule has 0 spiro atoms. The zero-order chi connectivity index (χ0) is 11.3. The smallest absolute Gasteiger partial charge is 0.267 e. The van der Waals surface area contributed by atoms with Gasteiger partial charge in [0.25, 0.3) is 5.56 Å². The van der Waals surface area contributed by atoms with Crippen molar-refractivity contribution in [1.29, 1.82) is 0 Å². The third-order valence-corrected chi connectivity index (χ3v) is 2.65. The molecule has 80 valence electrons. The average Bonchev–Trinajstić information content (AvgIpc) is 2.66. The Kier molecular flexibility index (Phi) is 1.65. The maximum absolute atomic E-state index is 12.0. The maximum Gasteiger partial charge on any atom is 0.281 e. The van der Waals surface area contributed by atoms with Gasteiger partial charge in [0, 0.05) is 7.05 Å². The molecule has 0 amide bonds. The van der Waals surface area contributed by atoms with Crippen molar-refractivity contribution in [3.63, 3.8) is 0 Å². The molecule has 0 aliphatic heterocycles. The molecule has 0 N–H and O–H groups in total. The van der Waals surface area contributed by atoms with Crippen molar-refractivity contribution in [2.45, 2.75) is 6.92 Å². The molecule has 1 aromatic carbocycles. The molecule has 2 heterocycles. The van der Waals surface area contributed by atoms with E-state index >= 15 is 0 Å². The molecule has 0 saturated carbocycles. The van der Waals surface area contributed by atoms with E-state index in [-0.39, 0.29) is 5.56 Å². The highest BCUT2D eigenvalue weighted by Gasteiger charge is 2.10. The van der Waals surface area contributed by atoms with Gasteiger partial charge in [-0.1, -0.05) is 12.1 Å². The molecule has 0 atom stereocenters. The van der Waals surface area contributed by atoms with Gasteiger partial charge in [-0.25, -0.2) is 14.1 Å². The van der Waals surface area contributed by atoms with Gasteiger partial charge in [-0.3, -0.25) is 4.79 Å². The number of aromatic nitrogens is 4. The van der Waals surface area contributed by atoms with E-state index in [0.717, 1.165) is 11.0 Å². The Balaban J connectivity index is 2.71. The molecular weight excluding hydrogens is 204 g/mol. The van der Waals surface area contributed by atoms with Gasteiger partial charge in [0.2, 0.25) is 5.78 Å². The van der Waals surface area contributed by atoms with Crippen LogP contribution >= 0.6 is 0 Å². The first kappa shape index (κ1) is 9.08. The number of para-hydroxylation sites is 2. The van der Waals surface area contributed by atoms with Gasteiger partial charge in [0.05, 0.1) is 11.0 Å². The summed E-state index contributed by atoms with van der Waals surface area (Å²) >= 11 is 0. The summed E-state index contributed by atoms with van der Waals surface area (Å²) in [6, 6.07) is 7.57. The van der Waals surface area contributed by atoms with Gasteiger partial charge in [-0.15, -0.1) is 0 Å². The highest BCUT2D eigenvalue weighted by Crippen LogP contribution is 2.13. The number of hydrogen-bond acceptors (Lipinski definition) is 3. The van der Waals surface area contributed by atoms with E-state index in [1.807, 2.05) is 24.3 Å². The summed E-state index contributed by atoms with van der Waals surface area (Å²) < 4.78 is 3.22. The van der Waals surface area contributed by atoms with Crippen molar-refractivity contribution >= 4 is 16.8 Å². The van der Waals surface area contributed by atoms with Crippen molar-refractivity contribution < 1.29 is 0 Å². The number of hydrogen-bond donors (Lipinski definition) is 0. The summed E-state index contributed by atoms with van der Waals surface area (Å²) in [5, 5.41) is 4.12. The minimum Gasteiger partial charge on any atom is -0.267 e. The lowest BCUT2D eigenvalue weighted by molar-refractivity contribution is 0.706. The van der Waals surface area contributed by atoms with Crippen LogP contribution in [0.5, 0.6) is 0 Å². The van der Waals surface area contributed by atoms with Crippen molar-refractivity contribution in [1.82, 2.24) is 19.2 Å². The molecule has 0 aliphatic carbocycles. The Labute approximate surface area is 91.0 Å². The van der Waals surface area contributed by atoms with Gasteiger partial charge in [0.15, 0.2) is 0 Å². The lowest BCUT2D eigenvalue weighted by atomic mass is 10.3. The summed E-state index contributed by atoms with van der Waals surface area (Å²) in [4.78, 5) is 16.4. The Hall–Kier alpha value is -2.17. The SMILES string of the molecule is Cc1nn(C)c2nc3ccccc3n2c1=O. The van der Waals surface area contributed by atoms with E-state index in [9.17, 15) is 4.79 Å². The van der Waals surface area contributed by atoms with Crippen LogP contribution in [-0.4, -0.2) is 19.2 Å². The molecule has 0 saturated heterocycles. The molecule has 3 rings (SSSR count). The van der Waals surface area contributed by atoms with E-state index in [2.05, 4.69) is 10.1 Å². The highest BCUT2D eigenvalue weighted by molar-refractivity contribution is 5.79. The second kappa shape index (κ2) is 2.91. The molecule has 16 heavy (non-hydrogen) atoms. The number of fused-ring (bicyclic) bond motifs is 3. The molecular formula is C11H10N4O. The Morgan fingerprint density at radius 2 is 2.00 bits per heavy atom. The van der Waals surface area contributed by atoms with Crippen LogP contribution in [-0.2, 0) is 7.05 Å². The minimum absolute atomic E-state index is 0.109. The van der Waals surface area contributed by atoms with Gasteiger partial charge < -0.3 is 0 Å². The van der Waals surface area contributed by atoms with Gasteiger partial charge in [0.1, 0.15) is 5.69 Å². The monoisotopic (exact) mass is 214 g/mol. The van der Waals surface area contributed by atoms with Gasteiger partial charge in [-0.2, -0.15) is 5.10 Å². The fourth-order valence-corrected chi connectivity index (χ4v) is 1.90. The summed E-state index contributed by atoms with van der Waals surface area (Å²) in [6.07, 6.45) is 0. The van der Waals surface area contributed by atoms with Crippen LogP contribution in [0.3, 0.4) is 0 Å². The molecule has 5 nitrogen and oxygen atoms in total. The van der Waals surface area contributed by atoms with Crippen LogP contribution in [0, 0.1) is 6.92 Å². The second-order valence-corrected chi connectivity index (χ2v) is 3.75. The summed E-state index contributed by atoms with van der Waals surface area (Å²) in [5.74, 6) is 0.566. The predicted octanol–water partition coefficient (Wildman–Crippen LogP) is 0.890. The van der Waals surface area contributed by atoms with E-state index in [4.69, 9.17) is 0 Å². The topological polar surface area (TPSA) is 52.2 Å². The first-order chi connectivity index (χ1) is 7.68. The quantitative estimate of drug-likeness (QED) is 0.558.